The second kappa shape index (κ2) is 9.94. The van der Waals surface area contributed by atoms with E-state index in [0.29, 0.717) is 26.1 Å². The molecule has 1 saturated heterocycles. The maximum atomic E-state index is 12.5. The van der Waals surface area contributed by atoms with E-state index in [-0.39, 0.29) is 12.1 Å². The van der Waals surface area contributed by atoms with Crippen LogP contribution in [0.25, 0.3) is 0 Å². The molecule has 2 amide bonds. The van der Waals surface area contributed by atoms with E-state index in [1.807, 2.05) is 48.5 Å². The SMILES string of the molecule is COc1ccc(N2CCN(C(=O)C(N)=O)C(Cc3ccccc3)C2)cc1OC1CCCC1. The number of methoxy groups -OCH3 is 1. The van der Waals surface area contributed by atoms with Gasteiger partial charge >= 0.3 is 11.8 Å². The number of ether oxygens (including phenoxy) is 2. The van der Waals surface area contributed by atoms with E-state index in [4.69, 9.17) is 15.2 Å². The summed E-state index contributed by atoms with van der Waals surface area (Å²) in [4.78, 5) is 27.9. The molecule has 0 radical (unpaired) electrons. The summed E-state index contributed by atoms with van der Waals surface area (Å²) in [5, 5.41) is 0. The van der Waals surface area contributed by atoms with E-state index in [0.717, 1.165) is 35.6 Å². The number of piperazine rings is 1. The summed E-state index contributed by atoms with van der Waals surface area (Å²) in [6.45, 7) is 1.65. The lowest BCUT2D eigenvalue weighted by molar-refractivity contribution is -0.146. The van der Waals surface area contributed by atoms with Gasteiger partial charge in [0, 0.05) is 31.4 Å². The van der Waals surface area contributed by atoms with Gasteiger partial charge in [-0.25, -0.2) is 0 Å². The molecular weight excluding hydrogens is 406 g/mol. The molecule has 7 nitrogen and oxygen atoms in total. The van der Waals surface area contributed by atoms with Gasteiger partial charge in [0.1, 0.15) is 0 Å². The van der Waals surface area contributed by atoms with Gasteiger partial charge in [-0.1, -0.05) is 30.3 Å². The van der Waals surface area contributed by atoms with Crippen molar-refractivity contribution in [3.8, 4) is 11.5 Å². The highest BCUT2D eigenvalue weighted by Gasteiger charge is 2.33. The van der Waals surface area contributed by atoms with Gasteiger partial charge in [0.2, 0.25) is 0 Å². The third kappa shape index (κ3) is 4.98. The molecule has 32 heavy (non-hydrogen) atoms. The highest BCUT2D eigenvalue weighted by atomic mass is 16.5. The standard InChI is InChI=1S/C25H31N3O4/c1-31-22-12-11-19(16-23(22)32-21-9-5-6-10-21)27-13-14-28(25(30)24(26)29)20(17-27)15-18-7-3-2-4-8-18/h2-4,7-8,11-12,16,20-21H,5-6,9-10,13-15,17H2,1H3,(H2,26,29). The van der Waals surface area contributed by atoms with Crippen molar-refractivity contribution in [2.24, 2.45) is 5.73 Å². The van der Waals surface area contributed by atoms with Crippen molar-refractivity contribution in [1.82, 2.24) is 4.90 Å². The van der Waals surface area contributed by atoms with Crippen molar-refractivity contribution in [2.75, 3.05) is 31.6 Å². The molecule has 4 rings (SSSR count). The van der Waals surface area contributed by atoms with Crippen molar-refractivity contribution in [3.05, 3.63) is 54.1 Å². The lowest BCUT2D eigenvalue weighted by atomic mass is 10.0. The number of carbonyl (C=O) groups is 2. The van der Waals surface area contributed by atoms with Crippen LogP contribution in [0.5, 0.6) is 11.5 Å². The first-order valence-electron chi connectivity index (χ1n) is 11.3. The predicted molar refractivity (Wildman–Crippen MR) is 123 cm³/mol. The maximum Gasteiger partial charge on any atom is 0.312 e. The molecule has 1 unspecified atom stereocenters. The molecule has 2 aromatic rings. The van der Waals surface area contributed by atoms with Gasteiger partial charge in [0.05, 0.1) is 19.3 Å². The Balaban J connectivity index is 1.55. The number of benzene rings is 2. The summed E-state index contributed by atoms with van der Waals surface area (Å²) >= 11 is 0. The third-order valence-electron chi connectivity index (χ3n) is 6.38. The molecular formula is C25H31N3O4. The monoisotopic (exact) mass is 437 g/mol. The molecule has 0 aromatic heterocycles. The lowest BCUT2D eigenvalue weighted by Gasteiger charge is -2.42. The van der Waals surface area contributed by atoms with Crippen LogP contribution in [0.2, 0.25) is 0 Å². The average molecular weight is 438 g/mol. The molecule has 1 heterocycles. The van der Waals surface area contributed by atoms with Crippen molar-refractivity contribution in [2.45, 2.75) is 44.2 Å². The molecule has 1 atom stereocenters. The van der Waals surface area contributed by atoms with E-state index >= 15 is 0 Å². The first kappa shape index (κ1) is 22.0. The molecule has 7 heteroatoms. The number of hydrogen-bond donors (Lipinski definition) is 1. The summed E-state index contributed by atoms with van der Waals surface area (Å²) in [5.74, 6) is -0.0463. The topological polar surface area (TPSA) is 85.1 Å². The van der Waals surface area contributed by atoms with Crippen molar-refractivity contribution < 1.29 is 19.1 Å². The quantitative estimate of drug-likeness (QED) is 0.703. The van der Waals surface area contributed by atoms with Crippen LogP contribution in [0.4, 0.5) is 5.69 Å². The Morgan fingerprint density at radius 3 is 2.47 bits per heavy atom. The van der Waals surface area contributed by atoms with Crippen LogP contribution in [-0.2, 0) is 16.0 Å². The molecule has 1 aliphatic heterocycles. The van der Waals surface area contributed by atoms with E-state index in [1.54, 1.807) is 12.0 Å². The summed E-state index contributed by atoms with van der Waals surface area (Å²) in [6, 6.07) is 15.8. The van der Waals surface area contributed by atoms with Gasteiger partial charge < -0.3 is 25.0 Å². The normalized spacial score (nSPS) is 19.1. The van der Waals surface area contributed by atoms with Gasteiger partial charge in [-0.2, -0.15) is 0 Å². The van der Waals surface area contributed by atoms with Gasteiger partial charge in [-0.05, 0) is 49.8 Å². The second-order valence-electron chi connectivity index (χ2n) is 8.51. The van der Waals surface area contributed by atoms with Crippen LogP contribution in [0.3, 0.4) is 0 Å². The van der Waals surface area contributed by atoms with E-state index in [1.165, 1.54) is 12.8 Å². The summed E-state index contributed by atoms with van der Waals surface area (Å²) in [5.41, 5.74) is 7.45. The third-order valence-corrected chi connectivity index (χ3v) is 6.38. The number of nitrogens with zero attached hydrogens (tertiary/aromatic N) is 2. The van der Waals surface area contributed by atoms with Crippen LogP contribution in [-0.4, -0.2) is 55.6 Å². The Morgan fingerprint density at radius 2 is 1.78 bits per heavy atom. The Bertz CT molecular complexity index is 943. The fourth-order valence-corrected chi connectivity index (χ4v) is 4.70. The Labute approximate surface area is 189 Å². The molecule has 1 saturated carbocycles. The summed E-state index contributed by atoms with van der Waals surface area (Å²) in [7, 11) is 1.65. The number of anilines is 1. The summed E-state index contributed by atoms with van der Waals surface area (Å²) in [6.07, 6.45) is 5.42. The van der Waals surface area contributed by atoms with Crippen LogP contribution in [0.1, 0.15) is 31.2 Å². The maximum absolute atomic E-state index is 12.5. The van der Waals surface area contributed by atoms with Crippen molar-refractivity contribution in [3.63, 3.8) is 0 Å². The molecule has 170 valence electrons. The average Bonchev–Trinajstić information content (AvgIpc) is 3.32. The van der Waals surface area contributed by atoms with Crippen LogP contribution in [0, 0.1) is 0 Å². The highest BCUT2D eigenvalue weighted by Crippen LogP contribution is 2.35. The number of amides is 2. The first-order chi connectivity index (χ1) is 15.5. The number of nitrogens with two attached hydrogens (primary N) is 1. The zero-order chi connectivity index (χ0) is 22.5. The molecule has 1 aliphatic carbocycles. The van der Waals surface area contributed by atoms with Crippen LogP contribution >= 0.6 is 0 Å². The Hall–Kier alpha value is -3.22. The second-order valence-corrected chi connectivity index (χ2v) is 8.51. The zero-order valence-corrected chi connectivity index (χ0v) is 18.5. The molecule has 2 aromatic carbocycles. The van der Waals surface area contributed by atoms with Crippen molar-refractivity contribution >= 4 is 17.5 Å². The largest absolute Gasteiger partial charge is 0.493 e. The highest BCUT2D eigenvalue weighted by molar-refractivity contribution is 6.34. The Kier molecular flexibility index (Phi) is 6.83. The minimum atomic E-state index is -0.909. The first-order valence-corrected chi connectivity index (χ1v) is 11.3. The molecule has 2 aliphatic rings. The van der Waals surface area contributed by atoms with Crippen LogP contribution < -0.4 is 20.1 Å². The fourth-order valence-electron chi connectivity index (χ4n) is 4.70. The van der Waals surface area contributed by atoms with Gasteiger partial charge in [0.15, 0.2) is 11.5 Å². The number of primary amides is 1. The fraction of sp³-hybridized carbons (Fsp3) is 0.440. The Morgan fingerprint density at radius 1 is 1.03 bits per heavy atom. The number of rotatable bonds is 6. The molecule has 2 N–H and O–H groups in total. The van der Waals surface area contributed by atoms with Gasteiger partial charge in [-0.3, -0.25) is 9.59 Å². The lowest BCUT2D eigenvalue weighted by Crippen LogP contribution is -2.58. The number of carbonyl (C=O) groups excluding carboxylic acids is 2. The van der Waals surface area contributed by atoms with Crippen molar-refractivity contribution in [1.29, 1.82) is 0 Å². The smallest absolute Gasteiger partial charge is 0.312 e. The summed E-state index contributed by atoms with van der Waals surface area (Å²) < 4.78 is 11.8. The predicted octanol–water partition coefficient (Wildman–Crippen LogP) is 2.76. The zero-order valence-electron chi connectivity index (χ0n) is 18.5. The molecule has 0 spiro atoms. The minimum absolute atomic E-state index is 0.160. The van der Waals surface area contributed by atoms with E-state index < -0.39 is 11.8 Å². The minimum Gasteiger partial charge on any atom is -0.493 e. The van der Waals surface area contributed by atoms with E-state index in [2.05, 4.69) is 4.90 Å². The molecule has 0 bridgehead atoms. The van der Waals surface area contributed by atoms with Crippen LogP contribution in [0.15, 0.2) is 48.5 Å². The van der Waals surface area contributed by atoms with Gasteiger partial charge in [-0.15, -0.1) is 0 Å². The molecule has 2 fully saturated rings. The van der Waals surface area contributed by atoms with Gasteiger partial charge in [0.25, 0.3) is 0 Å². The van der Waals surface area contributed by atoms with E-state index in [9.17, 15) is 9.59 Å². The number of hydrogen-bond acceptors (Lipinski definition) is 5.